The number of hydrogen-bond donors (Lipinski definition) is 1. The van der Waals surface area contributed by atoms with Crippen LogP contribution in [-0.2, 0) is 22.7 Å². The number of furan rings is 1. The van der Waals surface area contributed by atoms with Gasteiger partial charge in [-0.15, -0.1) is 0 Å². The topological polar surface area (TPSA) is 84.6 Å². The Morgan fingerprint density at radius 1 is 1.19 bits per heavy atom. The van der Waals surface area contributed by atoms with Gasteiger partial charge >= 0.3 is 0 Å². The minimum absolute atomic E-state index is 0.156. The lowest BCUT2D eigenvalue weighted by molar-refractivity contribution is -0.132. The van der Waals surface area contributed by atoms with E-state index in [-0.39, 0.29) is 19.3 Å². The number of hydrogen-bond acceptors (Lipinski definition) is 7. The Balaban J connectivity index is 1.31. The summed E-state index contributed by atoms with van der Waals surface area (Å²) in [7, 11) is 0. The predicted octanol–water partition coefficient (Wildman–Crippen LogP) is 2.53. The number of rotatable bonds is 8. The van der Waals surface area contributed by atoms with Gasteiger partial charge in [0.05, 0.1) is 19.0 Å². The molecule has 2 aromatic rings. The maximum atomic E-state index is 12.9. The van der Waals surface area contributed by atoms with E-state index in [0.717, 1.165) is 23.6 Å². The van der Waals surface area contributed by atoms with Gasteiger partial charge in [-0.3, -0.25) is 4.79 Å². The lowest BCUT2D eigenvalue weighted by Crippen LogP contribution is -2.42. The van der Waals surface area contributed by atoms with Crippen molar-refractivity contribution in [2.24, 2.45) is 5.92 Å². The Morgan fingerprint density at radius 2 is 2.03 bits per heavy atom. The zero-order valence-electron chi connectivity index (χ0n) is 17.5. The summed E-state index contributed by atoms with van der Waals surface area (Å²) in [5.74, 6) is 2.92. The van der Waals surface area contributed by atoms with Crippen molar-refractivity contribution in [1.29, 1.82) is 0 Å². The third-order valence-corrected chi connectivity index (χ3v) is 5.97. The van der Waals surface area contributed by atoms with E-state index in [9.17, 15) is 9.90 Å². The van der Waals surface area contributed by atoms with Crippen LogP contribution in [0.2, 0.25) is 0 Å². The van der Waals surface area contributed by atoms with Crippen LogP contribution in [0.1, 0.15) is 30.6 Å². The number of nitrogens with zero attached hydrogens (tertiary/aromatic N) is 2. The Bertz CT molecular complexity index is 911. The van der Waals surface area contributed by atoms with Crippen LogP contribution in [0.3, 0.4) is 0 Å². The van der Waals surface area contributed by atoms with Gasteiger partial charge in [-0.1, -0.05) is 0 Å². The summed E-state index contributed by atoms with van der Waals surface area (Å²) in [4.78, 5) is 16.9. The molecule has 166 valence electrons. The standard InChI is InChI=1S/C23H28N2O6/c26-18(13-28-14-19-2-1-7-29-19)12-24-6-5-23(27)25(10-16-3-4-16)11-17-8-21-22(9-20(17)24)31-15-30-21/h1-2,7-9,16,18,26H,3-6,10-15H2. The van der Waals surface area contributed by atoms with E-state index in [1.807, 2.05) is 23.1 Å². The molecule has 0 bridgehead atoms. The molecule has 1 fully saturated rings. The first kappa shape index (κ1) is 20.2. The largest absolute Gasteiger partial charge is 0.467 e. The predicted molar refractivity (Wildman–Crippen MR) is 112 cm³/mol. The number of anilines is 1. The zero-order valence-corrected chi connectivity index (χ0v) is 17.5. The molecule has 2 aliphatic heterocycles. The van der Waals surface area contributed by atoms with E-state index in [1.54, 1.807) is 12.3 Å². The smallest absolute Gasteiger partial charge is 0.231 e. The SMILES string of the molecule is O=C1CCN(CC(O)COCc2ccco2)c2cc3c(cc2CN1CC1CC1)OCO3. The van der Waals surface area contributed by atoms with Crippen molar-refractivity contribution in [2.45, 2.75) is 38.5 Å². The molecule has 0 radical (unpaired) electrons. The van der Waals surface area contributed by atoms with E-state index in [2.05, 4.69) is 4.90 Å². The fourth-order valence-electron chi connectivity index (χ4n) is 4.16. The summed E-state index contributed by atoms with van der Waals surface area (Å²) < 4.78 is 22.0. The highest BCUT2D eigenvalue weighted by molar-refractivity contribution is 5.78. The molecule has 1 saturated carbocycles. The van der Waals surface area contributed by atoms with Crippen LogP contribution < -0.4 is 14.4 Å². The summed E-state index contributed by atoms with van der Waals surface area (Å²) in [5, 5.41) is 10.6. The van der Waals surface area contributed by atoms with Gasteiger partial charge in [0.1, 0.15) is 12.4 Å². The Morgan fingerprint density at radius 3 is 2.81 bits per heavy atom. The van der Waals surface area contributed by atoms with Gasteiger partial charge in [-0.05, 0) is 42.5 Å². The van der Waals surface area contributed by atoms with Gasteiger partial charge in [0.15, 0.2) is 11.5 Å². The van der Waals surface area contributed by atoms with Crippen LogP contribution in [0, 0.1) is 5.92 Å². The lowest BCUT2D eigenvalue weighted by Gasteiger charge is -2.34. The molecular formula is C23H28N2O6. The Hall–Kier alpha value is -2.71. The van der Waals surface area contributed by atoms with E-state index in [0.29, 0.717) is 50.1 Å². The number of carbonyl (C=O) groups is 1. The maximum Gasteiger partial charge on any atom is 0.231 e. The zero-order chi connectivity index (χ0) is 21.2. The first-order valence-electron chi connectivity index (χ1n) is 10.9. The first-order valence-corrected chi connectivity index (χ1v) is 10.9. The van der Waals surface area contributed by atoms with Gasteiger partial charge in [-0.25, -0.2) is 0 Å². The summed E-state index contributed by atoms with van der Waals surface area (Å²) in [5.41, 5.74) is 1.99. The molecule has 1 N–H and O–H groups in total. The van der Waals surface area contributed by atoms with Crippen LogP contribution in [0.25, 0.3) is 0 Å². The monoisotopic (exact) mass is 428 g/mol. The van der Waals surface area contributed by atoms with E-state index in [1.165, 1.54) is 12.8 Å². The highest BCUT2D eigenvalue weighted by Gasteiger charge is 2.31. The number of fused-ring (bicyclic) bond motifs is 2. The maximum absolute atomic E-state index is 12.9. The normalized spacial score (nSPS) is 19.2. The molecule has 1 atom stereocenters. The number of aliphatic hydroxyl groups excluding tert-OH is 1. The molecule has 1 aliphatic carbocycles. The number of benzene rings is 1. The molecule has 1 aromatic carbocycles. The fraction of sp³-hybridized carbons (Fsp3) is 0.522. The Labute approximate surface area is 181 Å². The van der Waals surface area contributed by atoms with Crippen LogP contribution in [-0.4, -0.2) is 55.1 Å². The Kier molecular flexibility index (Phi) is 5.74. The molecule has 8 nitrogen and oxygen atoms in total. The second-order valence-corrected chi connectivity index (χ2v) is 8.50. The third kappa shape index (κ3) is 4.80. The molecule has 0 spiro atoms. The van der Waals surface area contributed by atoms with Crippen LogP contribution >= 0.6 is 0 Å². The van der Waals surface area contributed by atoms with Gasteiger partial charge in [0.25, 0.3) is 0 Å². The quantitative estimate of drug-likeness (QED) is 0.692. The van der Waals surface area contributed by atoms with Crippen LogP contribution in [0.15, 0.2) is 34.9 Å². The first-order chi connectivity index (χ1) is 15.2. The molecule has 8 heteroatoms. The fourth-order valence-corrected chi connectivity index (χ4v) is 4.16. The van der Waals surface area contributed by atoms with Crippen molar-refractivity contribution in [3.8, 4) is 11.5 Å². The number of ether oxygens (including phenoxy) is 3. The molecule has 31 heavy (non-hydrogen) atoms. The van der Waals surface area contributed by atoms with Crippen molar-refractivity contribution in [3.63, 3.8) is 0 Å². The molecular weight excluding hydrogens is 400 g/mol. The van der Waals surface area contributed by atoms with Gasteiger partial charge in [-0.2, -0.15) is 0 Å². The molecule has 1 amide bonds. The minimum Gasteiger partial charge on any atom is -0.467 e. The van der Waals surface area contributed by atoms with Crippen molar-refractivity contribution >= 4 is 11.6 Å². The second kappa shape index (κ2) is 8.80. The summed E-state index contributed by atoms with van der Waals surface area (Å²) in [6.45, 7) is 2.94. The molecule has 1 unspecified atom stereocenters. The van der Waals surface area contributed by atoms with Gasteiger partial charge in [0.2, 0.25) is 12.7 Å². The molecule has 1 aromatic heterocycles. The summed E-state index contributed by atoms with van der Waals surface area (Å²) in [6, 6.07) is 7.59. The van der Waals surface area contributed by atoms with Crippen LogP contribution in [0.5, 0.6) is 11.5 Å². The van der Waals surface area contributed by atoms with Crippen molar-refractivity contribution in [3.05, 3.63) is 41.9 Å². The molecule has 5 rings (SSSR count). The van der Waals surface area contributed by atoms with Crippen molar-refractivity contribution in [2.75, 3.05) is 37.9 Å². The van der Waals surface area contributed by atoms with Crippen LogP contribution in [0.4, 0.5) is 5.69 Å². The van der Waals surface area contributed by atoms with Crippen molar-refractivity contribution in [1.82, 2.24) is 4.90 Å². The number of amides is 1. The van der Waals surface area contributed by atoms with E-state index >= 15 is 0 Å². The second-order valence-electron chi connectivity index (χ2n) is 8.50. The van der Waals surface area contributed by atoms with Gasteiger partial charge < -0.3 is 33.5 Å². The van der Waals surface area contributed by atoms with E-state index in [4.69, 9.17) is 18.6 Å². The van der Waals surface area contributed by atoms with Crippen molar-refractivity contribution < 1.29 is 28.5 Å². The molecule has 3 heterocycles. The number of β-amino-alcohol motifs (C(OH)–C–C–N with tert-alkyl or cyclic N) is 1. The molecule has 0 saturated heterocycles. The van der Waals surface area contributed by atoms with Gasteiger partial charge in [0, 0.05) is 44.4 Å². The average molecular weight is 428 g/mol. The highest BCUT2D eigenvalue weighted by atomic mass is 16.7. The lowest BCUT2D eigenvalue weighted by atomic mass is 10.1. The average Bonchev–Trinajstić information content (AvgIpc) is 3.21. The van der Waals surface area contributed by atoms with E-state index < -0.39 is 6.10 Å². The number of carbonyl (C=O) groups excluding carboxylic acids is 1. The highest BCUT2D eigenvalue weighted by Crippen LogP contribution is 2.40. The summed E-state index contributed by atoms with van der Waals surface area (Å²) >= 11 is 0. The third-order valence-electron chi connectivity index (χ3n) is 5.97. The minimum atomic E-state index is -0.703. The summed E-state index contributed by atoms with van der Waals surface area (Å²) in [6.07, 6.45) is 3.72. The number of aliphatic hydroxyl groups is 1. The molecule has 3 aliphatic rings.